The summed E-state index contributed by atoms with van der Waals surface area (Å²) in [7, 11) is 0. The van der Waals surface area contributed by atoms with E-state index < -0.39 is 0 Å². The van der Waals surface area contributed by atoms with E-state index >= 15 is 0 Å². The normalized spacial score (nSPS) is 11.8. The fourth-order valence-electron chi connectivity index (χ4n) is 3.02. The van der Waals surface area contributed by atoms with Crippen LogP contribution in [0.5, 0.6) is 0 Å². The lowest BCUT2D eigenvalue weighted by atomic mass is 10.2. The van der Waals surface area contributed by atoms with Gasteiger partial charge < -0.3 is 4.42 Å². The first-order chi connectivity index (χ1) is 14.3. The number of fused-ring (bicyclic) bond motifs is 1. The maximum Gasteiger partial charge on any atom is 0.282 e. The molecule has 2 aromatic heterocycles. The summed E-state index contributed by atoms with van der Waals surface area (Å²) >= 11 is 15.6. The molecule has 2 aromatic carbocycles. The number of nitrogens with zero attached hydrogens (tertiary/aromatic N) is 3. The van der Waals surface area contributed by atoms with Crippen LogP contribution in [0.15, 0.2) is 67.3 Å². The highest BCUT2D eigenvalue weighted by molar-refractivity contribution is 9.10. The number of aromatic nitrogens is 2. The Morgan fingerprint density at radius 1 is 1.13 bits per heavy atom. The second kappa shape index (κ2) is 8.38. The third kappa shape index (κ3) is 4.08. The largest absolute Gasteiger partial charge is 0.455 e. The Morgan fingerprint density at radius 3 is 2.67 bits per heavy atom. The van der Waals surface area contributed by atoms with Gasteiger partial charge in [-0.05, 0) is 48.5 Å². The van der Waals surface area contributed by atoms with Crippen LogP contribution in [0.4, 0.5) is 0 Å². The van der Waals surface area contributed by atoms with Gasteiger partial charge in [0.2, 0.25) is 0 Å². The van der Waals surface area contributed by atoms with Gasteiger partial charge in [0.05, 0.1) is 22.1 Å². The molecule has 0 atom stereocenters. The number of hydrogen-bond donors (Lipinski definition) is 0. The maximum absolute atomic E-state index is 13.1. The Hall–Kier alpha value is -2.41. The molecular formula is C22H16BrCl2N3O2. The monoisotopic (exact) mass is 503 g/mol. The summed E-state index contributed by atoms with van der Waals surface area (Å²) < 4.78 is 7.96. The van der Waals surface area contributed by atoms with E-state index in [1.807, 2.05) is 26.0 Å². The summed E-state index contributed by atoms with van der Waals surface area (Å²) in [5.41, 5.74) is 1.11. The lowest BCUT2D eigenvalue weighted by molar-refractivity contribution is 0.573. The molecule has 152 valence electrons. The summed E-state index contributed by atoms with van der Waals surface area (Å²) in [6, 6.07) is 14.2. The lowest BCUT2D eigenvalue weighted by Crippen LogP contribution is -2.23. The van der Waals surface area contributed by atoms with E-state index in [0.29, 0.717) is 38.3 Å². The van der Waals surface area contributed by atoms with Crippen LogP contribution >= 0.6 is 39.1 Å². The minimum Gasteiger partial charge on any atom is -0.455 e. The van der Waals surface area contributed by atoms with Crippen molar-refractivity contribution in [3.05, 3.63) is 85.0 Å². The van der Waals surface area contributed by atoms with Gasteiger partial charge in [-0.25, -0.2) is 4.98 Å². The Kier molecular flexibility index (Phi) is 5.82. The van der Waals surface area contributed by atoms with Crippen molar-refractivity contribution in [1.82, 2.24) is 9.66 Å². The van der Waals surface area contributed by atoms with Crippen LogP contribution in [-0.4, -0.2) is 15.9 Å². The number of rotatable bonds is 4. The molecule has 5 nitrogen and oxygen atoms in total. The van der Waals surface area contributed by atoms with Crippen molar-refractivity contribution >= 4 is 56.2 Å². The molecule has 4 aromatic rings. The Balaban J connectivity index is 1.75. The Morgan fingerprint density at radius 2 is 1.93 bits per heavy atom. The summed E-state index contributed by atoms with van der Waals surface area (Å²) in [6.07, 6.45) is 1.49. The summed E-state index contributed by atoms with van der Waals surface area (Å²) in [6.45, 7) is 3.93. The molecule has 0 radical (unpaired) electrons. The van der Waals surface area contributed by atoms with Gasteiger partial charge in [-0.15, -0.1) is 0 Å². The molecule has 0 saturated heterocycles. The van der Waals surface area contributed by atoms with E-state index in [1.165, 1.54) is 10.9 Å². The van der Waals surface area contributed by atoms with E-state index in [4.69, 9.17) is 27.6 Å². The molecule has 0 aliphatic heterocycles. The molecule has 2 heterocycles. The molecule has 0 aliphatic rings. The zero-order chi connectivity index (χ0) is 21.4. The average molecular weight is 505 g/mol. The van der Waals surface area contributed by atoms with Crippen molar-refractivity contribution in [1.29, 1.82) is 0 Å². The minimum atomic E-state index is -0.242. The van der Waals surface area contributed by atoms with Crippen LogP contribution in [0.3, 0.4) is 0 Å². The zero-order valence-electron chi connectivity index (χ0n) is 16.1. The van der Waals surface area contributed by atoms with E-state index in [-0.39, 0.29) is 11.5 Å². The maximum atomic E-state index is 13.1. The number of hydrogen-bond acceptors (Lipinski definition) is 4. The van der Waals surface area contributed by atoms with Crippen molar-refractivity contribution < 1.29 is 4.42 Å². The summed E-state index contributed by atoms with van der Waals surface area (Å²) in [5, 5.41) is 5.90. The summed E-state index contributed by atoms with van der Waals surface area (Å²) in [4.78, 5) is 17.7. The first-order valence-electron chi connectivity index (χ1n) is 9.15. The van der Waals surface area contributed by atoms with Crippen LogP contribution in [0.25, 0.3) is 22.2 Å². The number of benzene rings is 2. The summed E-state index contributed by atoms with van der Waals surface area (Å²) in [5.74, 6) is 1.63. The molecular weight excluding hydrogens is 489 g/mol. The molecule has 0 aliphatic carbocycles. The highest BCUT2D eigenvalue weighted by atomic mass is 79.9. The molecule has 0 bridgehead atoms. The third-order valence-corrected chi connectivity index (χ3v) is 5.51. The quantitative estimate of drug-likeness (QED) is 0.289. The van der Waals surface area contributed by atoms with Gasteiger partial charge in [-0.3, -0.25) is 4.79 Å². The highest BCUT2D eigenvalue weighted by Gasteiger charge is 2.14. The van der Waals surface area contributed by atoms with Crippen LogP contribution in [0, 0.1) is 0 Å². The zero-order valence-corrected chi connectivity index (χ0v) is 19.2. The van der Waals surface area contributed by atoms with Gasteiger partial charge in [0.15, 0.2) is 0 Å². The van der Waals surface area contributed by atoms with Gasteiger partial charge in [-0.1, -0.05) is 53.0 Å². The lowest BCUT2D eigenvalue weighted by Gasteiger charge is -2.11. The third-order valence-electron chi connectivity index (χ3n) is 4.47. The fourth-order valence-corrected chi connectivity index (χ4v) is 3.88. The smallest absolute Gasteiger partial charge is 0.282 e. The second-order valence-corrected chi connectivity index (χ2v) is 8.73. The number of halogens is 3. The topological polar surface area (TPSA) is 60.4 Å². The van der Waals surface area contributed by atoms with E-state index in [9.17, 15) is 4.79 Å². The molecule has 0 spiro atoms. The van der Waals surface area contributed by atoms with Crippen LogP contribution < -0.4 is 5.56 Å². The van der Waals surface area contributed by atoms with Gasteiger partial charge in [0, 0.05) is 21.0 Å². The predicted molar refractivity (Wildman–Crippen MR) is 125 cm³/mol. The minimum absolute atomic E-state index is 0.00272. The second-order valence-electron chi connectivity index (χ2n) is 6.97. The van der Waals surface area contributed by atoms with Crippen molar-refractivity contribution in [3.8, 4) is 11.3 Å². The first-order valence-corrected chi connectivity index (χ1v) is 10.7. The van der Waals surface area contributed by atoms with Gasteiger partial charge >= 0.3 is 0 Å². The molecule has 0 saturated carbocycles. The molecule has 30 heavy (non-hydrogen) atoms. The van der Waals surface area contributed by atoms with E-state index in [0.717, 1.165) is 10.0 Å². The van der Waals surface area contributed by atoms with E-state index in [1.54, 1.807) is 36.4 Å². The highest BCUT2D eigenvalue weighted by Crippen LogP contribution is 2.31. The van der Waals surface area contributed by atoms with Crippen LogP contribution in [-0.2, 0) is 0 Å². The van der Waals surface area contributed by atoms with Crippen molar-refractivity contribution in [2.45, 2.75) is 19.8 Å². The molecule has 0 N–H and O–H groups in total. The van der Waals surface area contributed by atoms with Crippen LogP contribution in [0.2, 0.25) is 10.0 Å². The van der Waals surface area contributed by atoms with Gasteiger partial charge in [0.25, 0.3) is 5.56 Å². The first kappa shape index (κ1) is 20.8. The van der Waals surface area contributed by atoms with Crippen molar-refractivity contribution in [2.75, 3.05) is 0 Å². The van der Waals surface area contributed by atoms with Crippen molar-refractivity contribution in [3.63, 3.8) is 0 Å². The molecule has 0 fully saturated rings. The fraction of sp³-hybridized carbons (Fsp3) is 0.136. The van der Waals surface area contributed by atoms with Crippen LogP contribution in [0.1, 0.15) is 31.4 Å². The predicted octanol–water partition coefficient (Wildman–Crippen LogP) is 6.73. The SMILES string of the molecule is CC(C)c1nc2ccc(Br)cc2c(=O)n1N=Cc1ccc(-c2ccc(Cl)cc2Cl)o1. The molecule has 0 amide bonds. The average Bonchev–Trinajstić information content (AvgIpc) is 3.16. The Bertz CT molecular complexity index is 1340. The van der Waals surface area contributed by atoms with Gasteiger partial charge in [-0.2, -0.15) is 9.78 Å². The standard InChI is InChI=1S/C22H16BrCl2N3O2/c1-12(2)21-27-19-7-3-13(23)9-17(19)22(29)28(21)26-11-15-5-8-20(30-15)16-6-4-14(24)10-18(16)25/h3-12H,1-2H3. The Labute approximate surface area is 191 Å². The van der Waals surface area contributed by atoms with Gasteiger partial charge in [0.1, 0.15) is 17.3 Å². The van der Waals surface area contributed by atoms with E-state index in [2.05, 4.69) is 26.0 Å². The molecule has 8 heteroatoms. The number of furan rings is 1. The molecule has 0 unspecified atom stereocenters. The molecule has 4 rings (SSSR count). The van der Waals surface area contributed by atoms with Crippen molar-refractivity contribution in [2.24, 2.45) is 5.10 Å².